The molecule has 0 saturated carbocycles. The molecule has 1 fully saturated rings. The molecule has 0 spiro atoms. The molecular weight excluding hydrogens is 358 g/mol. The highest BCUT2D eigenvalue weighted by atomic mass is 32.2. The molecule has 0 amide bonds. The number of piperidine rings is 1. The van der Waals surface area contributed by atoms with Crippen LogP contribution in [-0.4, -0.2) is 54.9 Å². The van der Waals surface area contributed by atoms with Crippen molar-refractivity contribution in [2.75, 3.05) is 32.2 Å². The fourth-order valence-corrected chi connectivity index (χ4v) is 3.35. The standard InChI is InChI=1S/C15H21N5O2S.CH2O2/c1-21-13-7-11-12(8-14(13)22-2)17-9-18-15(11)20-5-3-10(4-6-20)19-23-16;2-1-3/h7-10,19H,3-6,16H2,1-2H3;1H,(H,2,3). The van der Waals surface area contributed by atoms with Crippen LogP contribution in [0.25, 0.3) is 10.9 Å². The normalized spacial score (nSPS) is 14.5. The number of rotatable bonds is 5. The molecule has 142 valence electrons. The van der Waals surface area contributed by atoms with Crippen molar-refractivity contribution in [1.82, 2.24) is 14.7 Å². The zero-order valence-corrected chi connectivity index (χ0v) is 15.5. The molecule has 2 heterocycles. The summed E-state index contributed by atoms with van der Waals surface area (Å²) in [6, 6.07) is 4.28. The first-order valence-corrected chi connectivity index (χ1v) is 8.87. The van der Waals surface area contributed by atoms with Crippen molar-refractivity contribution in [1.29, 1.82) is 0 Å². The van der Waals surface area contributed by atoms with Gasteiger partial charge < -0.3 is 19.5 Å². The number of nitrogens with zero attached hydrogens (tertiary/aromatic N) is 3. The maximum Gasteiger partial charge on any atom is 0.290 e. The van der Waals surface area contributed by atoms with Crippen molar-refractivity contribution >= 4 is 35.3 Å². The number of carbonyl (C=O) groups is 1. The van der Waals surface area contributed by atoms with E-state index in [0.717, 1.165) is 42.7 Å². The molecule has 26 heavy (non-hydrogen) atoms. The zero-order chi connectivity index (χ0) is 18.9. The summed E-state index contributed by atoms with van der Waals surface area (Å²) in [6.45, 7) is 1.61. The van der Waals surface area contributed by atoms with E-state index in [0.29, 0.717) is 17.5 Å². The zero-order valence-electron chi connectivity index (χ0n) is 14.7. The monoisotopic (exact) mass is 381 g/mol. The Kier molecular flexibility index (Phi) is 7.70. The predicted molar refractivity (Wildman–Crippen MR) is 101 cm³/mol. The van der Waals surface area contributed by atoms with Gasteiger partial charge in [-0.3, -0.25) is 9.93 Å². The Hall–Kier alpha value is -2.30. The molecule has 1 aliphatic heterocycles. The van der Waals surface area contributed by atoms with E-state index in [1.54, 1.807) is 20.5 Å². The minimum Gasteiger partial charge on any atom is -0.493 e. The van der Waals surface area contributed by atoms with E-state index in [-0.39, 0.29) is 6.47 Å². The molecule has 0 aliphatic carbocycles. The summed E-state index contributed by atoms with van der Waals surface area (Å²) in [5, 5.41) is 13.3. The van der Waals surface area contributed by atoms with Gasteiger partial charge in [0.2, 0.25) is 0 Å². The molecular formula is C16H23N5O4S. The maximum atomic E-state index is 8.36. The quantitative estimate of drug-likeness (QED) is 0.517. The van der Waals surface area contributed by atoms with Gasteiger partial charge in [0.25, 0.3) is 6.47 Å². The number of methoxy groups -OCH3 is 2. The molecule has 1 aliphatic rings. The number of ether oxygens (including phenoxy) is 2. The van der Waals surface area contributed by atoms with Crippen LogP contribution in [0.1, 0.15) is 12.8 Å². The van der Waals surface area contributed by atoms with Gasteiger partial charge in [0.15, 0.2) is 11.5 Å². The largest absolute Gasteiger partial charge is 0.493 e. The summed E-state index contributed by atoms with van der Waals surface area (Å²) in [5.74, 6) is 2.30. The lowest BCUT2D eigenvalue weighted by Gasteiger charge is -2.33. The van der Waals surface area contributed by atoms with Gasteiger partial charge in [0, 0.05) is 42.7 Å². The molecule has 0 atom stereocenters. The van der Waals surface area contributed by atoms with Crippen molar-refractivity contribution in [3.63, 3.8) is 0 Å². The van der Waals surface area contributed by atoms with Crippen molar-refractivity contribution in [3.05, 3.63) is 18.5 Å². The van der Waals surface area contributed by atoms with Crippen LogP contribution in [0.15, 0.2) is 18.5 Å². The van der Waals surface area contributed by atoms with Crippen LogP contribution in [0.2, 0.25) is 0 Å². The Labute approximate surface area is 156 Å². The smallest absolute Gasteiger partial charge is 0.290 e. The summed E-state index contributed by atoms with van der Waals surface area (Å²) < 4.78 is 14.0. The Morgan fingerprint density at radius 1 is 1.27 bits per heavy atom. The summed E-state index contributed by atoms with van der Waals surface area (Å²) >= 11 is 1.19. The number of anilines is 1. The van der Waals surface area contributed by atoms with Crippen molar-refractivity contribution < 1.29 is 19.4 Å². The second-order valence-corrected chi connectivity index (χ2v) is 6.00. The highest BCUT2D eigenvalue weighted by Crippen LogP contribution is 2.35. The van der Waals surface area contributed by atoms with Crippen LogP contribution < -0.4 is 24.2 Å². The summed E-state index contributed by atoms with van der Waals surface area (Å²) in [4.78, 5) is 19.5. The van der Waals surface area contributed by atoms with E-state index in [9.17, 15) is 0 Å². The van der Waals surface area contributed by atoms with Gasteiger partial charge in [-0.1, -0.05) is 0 Å². The van der Waals surface area contributed by atoms with Gasteiger partial charge in [-0.2, -0.15) is 0 Å². The van der Waals surface area contributed by atoms with Gasteiger partial charge >= 0.3 is 0 Å². The highest BCUT2D eigenvalue weighted by molar-refractivity contribution is 7.95. The van der Waals surface area contributed by atoms with E-state index < -0.39 is 0 Å². The molecule has 1 saturated heterocycles. The number of hydrogen-bond donors (Lipinski definition) is 3. The van der Waals surface area contributed by atoms with Crippen LogP contribution in [0.3, 0.4) is 0 Å². The lowest BCUT2D eigenvalue weighted by Crippen LogP contribution is -2.41. The number of hydrogen-bond acceptors (Lipinski definition) is 9. The number of benzene rings is 1. The summed E-state index contributed by atoms with van der Waals surface area (Å²) in [7, 11) is 3.26. The molecule has 1 aromatic heterocycles. The first-order valence-electron chi connectivity index (χ1n) is 7.99. The molecule has 1 aromatic carbocycles. The number of fused-ring (bicyclic) bond motifs is 1. The van der Waals surface area contributed by atoms with Crippen molar-refractivity contribution in [2.24, 2.45) is 5.14 Å². The van der Waals surface area contributed by atoms with Gasteiger partial charge in [0.05, 0.1) is 19.7 Å². The number of nitrogens with one attached hydrogen (secondary N) is 1. The molecule has 0 unspecified atom stereocenters. The second-order valence-electron chi connectivity index (χ2n) is 5.52. The van der Waals surface area contributed by atoms with Crippen LogP contribution in [0.4, 0.5) is 5.82 Å². The molecule has 0 radical (unpaired) electrons. The molecule has 0 bridgehead atoms. The maximum absolute atomic E-state index is 8.36. The van der Waals surface area contributed by atoms with Gasteiger partial charge in [-0.25, -0.2) is 14.7 Å². The van der Waals surface area contributed by atoms with Crippen molar-refractivity contribution in [2.45, 2.75) is 18.9 Å². The fraction of sp³-hybridized carbons (Fsp3) is 0.438. The number of nitrogens with two attached hydrogens (primary N) is 1. The van der Waals surface area contributed by atoms with Crippen LogP contribution in [-0.2, 0) is 4.79 Å². The van der Waals surface area contributed by atoms with E-state index >= 15 is 0 Å². The third kappa shape index (κ3) is 4.65. The minimum atomic E-state index is -0.250. The Balaban J connectivity index is 0.000000758. The SMILES string of the molecule is COc1cc2ncnc(N3CCC(NSN)CC3)c2cc1OC.O=CO. The average Bonchev–Trinajstić information content (AvgIpc) is 2.68. The third-order valence-corrected chi connectivity index (χ3v) is 4.62. The predicted octanol–water partition coefficient (Wildman–Crippen LogP) is 1.43. The van der Waals surface area contributed by atoms with Crippen LogP contribution >= 0.6 is 12.1 Å². The molecule has 2 aromatic rings. The minimum absolute atomic E-state index is 0.250. The van der Waals surface area contributed by atoms with E-state index in [1.165, 1.54) is 12.1 Å². The van der Waals surface area contributed by atoms with Crippen molar-refractivity contribution in [3.8, 4) is 11.5 Å². The fourth-order valence-electron chi connectivity index (χ4n) is 2.93. The molecule has 3 rings (SSSR count). The second kappa shape index (κ2) is 10.00. The number of aromatic nitrogens is 2. The Morgan fingerprint density at radius 3 is 2.46 bits per heavy atom. The lowest BCUT2D eigenvalue weighted by atomic mass is 10.1. The molecule has 9 nitrogen and oxygen atoms in total. The average molecular weight is 381 g/mol. The summed E-state index contributed by atoms with van der Waals surface area (Å²) in [6.07, 6.45) is 3.66. The van der Waals surface area contributed by atoms with E-state index in [2.05, 4.69) is 19.6 Å². The first-order chi connectivity index (χ1) is 12.7. The first kappa shape index (κ1) is 20.0. The van der Waals surface area contributed by atoms with Crippen LogP contribution in [0.5, 0.6) is 11.5 Å². The Morgan fingerprint density at radius 2 is 1.88 bits per heavy atom. The Bertz CT molecular complexity index is 725. The topological polar surface area (TPSA) is 123 Å². The molecule has 4 N–H and O–H groups in total. The van der Waals surface area contributed by atoms with Gasteiger partial charge in [-0.05, 0) is 18.9 Å². The van der Waals surface area contributed by atoms with Gasteiger partial charge in [-0.15, -0.1) is 0 Å². The van der Waals surface area contributed by atoms with Crippen LogP contribution in [0, 0.1) is 0 Å². The summed E-state index contributed by atoms with van der Waals surface area (Å²) in [5.41, 5.74) is 0.852. The number of carboxylic acid groups (broad SMARTS) is 1. The molecule has 10 heteroatoms. The third-order valence-electron chi connectivity index (χ3n) is 4.15. The van der Waals surface area contributed by atoms with Gasteiger partial charge in [0.1, 0.15) is 12.1 Å². The van der Waals surface area contributed by atoms with E-state index in [4.69, 9.17) is 24.5 Å². The van der Waals surface area contributed by atoms with E-state index in [1.807, 2.05) is 12.1 Å². The lowest BCUT2D eigenvalue weighted by molar-refractivity contribution is -0.122. The highest BCUT2D eigenvalue weighted by Gasteiger charge is 2.22.